The van der Waals surface area contributed by atoms with E-state index in [1.54, 1.807) is 11.3 Å². The van der Waals surface area contributed by atoms with Crippen LogP contribution in [0, 0.1) is 12.8 Å². The van der Waals surface area contributed by atoms with Crippen LogP contribution in [0.4, 0.5) is 0 Å². The molecular formula is C13H18BrNOS. The molecule has 1 unspecified atom stereocenters. The van der Waals surface area contributed by atoms with Gasteiger partial charge in [0.15, 0.2) is 0 Å². The Morgan fingerprint density at radius 3 is 3.00 bits per heavy atom. The van der Waals surface area contributed by atoms with Crippen LogP contribution < -0.4 is 0 Å². The third kappa shape index (κ3) is 2.91. The minimum atomic E-state index is 0.210. The summed E-state index contributed by atoms with van der Waals surface area (Å²) >= 11 is 5.03. The smallest absolute Gasteiger partial charge is 0.263 e. The molecule has 2 heterocycles. The molecule has 1 saturated heterocycles. The van der Waals surface area contributed by atoms with E-state index >= 15 is 0 Å². The summed E-state index contributed by atoms with van der Waals surface area (Å²) in [5, 5.41) is 0. The van der Waals surface area contributed by atoms with Gasteiger partial charge in [-0.2, -0.15) is 0 Å². The molecule has 1 aliphatic heterocycles. The molecule has 0 bridgehead atoms. The minimum absolute atomic E-state index is 0.210. The third-order valence-electron chi connectivity index (χ3n) is 3.45. The molecule has 0 spiro atoms. The van der Waals surface area contributed by atoms with Crippen molar-refractivity contribution in [3.8, 4) is 0 Å². The van der Waals surface area contributed by atoms with E-state index in [-0.39, 0.29) is 5.91 Å². The summed E-state index contributed by atoms with van der Waals surface area (Å²) < 4.78 is 1.07. The highest BCUT2D eigenvalue weighted by Crippen LogP contribution is 2.29. The fraction of sp³-hybridized carbons (Fsp3) is 0.615. The van der Waals surface area contributed by atoms with Crippen LogP contribution in [0.3, 0.4) is 0 Å². The van der Waals surface area contributed by atoms with Crippen LogP contribution in [-0.2, 0) is 0 Å². The van der Waals surface area contributed by atoms with Crippen molar-refractivity contribution in [2.24, 2.45) is 5.92 Å². The quantitative estimate of drug-likeness (QED) is 0.805. The standard InChI is InChI=1S/C13H18BrNOS/c1-3-10-5-4-6-15(8-10)13(16)11-7-9(2)12(14)17-11/h7,10H,3-6,8H2,1-2H3. The predicted molar refractivity (Wildman–Crippen MR) is 75.7 cm³/mol. The fourth-order valence-electron chi connectivity index (χ4n) is 2.30. The molecule has 0 radical (unpaired) electrons. The largest absolute Gasteiger partial charge is 0.338 e. The van der Waals surface area contributed by atoms with Gasteiger partial charge in [-0.15, -0.1) is 11.3 Å². The Kier molecular flexibility index (Phi) is 4.26. The molecule has 4 heteroatoms. The molecule has 1 fully saturated rings. The van der Waals surface area contributed by atoms with Crippen LogP contribution in [0.15, 0.2) is 9.85 Å². The second kappa shape index (κ2) is 5.53. The van der Waals surface area contributed by atoms with Crippen molar-refractivity contribution in [3.63, 3.8) is 0 Å². The second-order valence-corrected chi connectivity index (χ2v) is 7.11. The number of thiophene rings is 1. The Balaban J connectivity index is 2.09. The van der Waals surface area contributed by atoms with Crippen molar-refractivity contribution in [1.82, 2.24) is 4.90 Å². The number of carbonyl (C=O) groups is 1. The topological polar surface area (TPSA) is 20.3 Å². The molecule has 0 N–H and O–H groups in total. The molecule has 2 nitrogen and oxygen atoms in total. The minimum Gasteiger partial charge on any atom is -0.338 e. The Morgan fingerprint density at radius 1 is 1.65 bits per heavy atom. The van der Waals surface area contributed by atoms with E-state index in [9.17, 15) is 4.79 Å². The third-order valence-corrected chi connectivity index (χ3v) is 5.58. The Bertz CT molecular complexity index is 396. The van der Waals surface area contributed by atoms with Gasteiger partial charge in [0.1, 0.15) is 0 Å². The van der Waals surface area contributed by atoms with Crippen molar-refractivity contribution in [3.05, 3.63) is 20.3 Å². The predicted octanol–water partition coefficient (Wildman–Crippen LogP) is 4.08. The van der Waals surface area contributed by atoms with E-state index in [1.807, 2.05) is 17.9 Å². The monoisotopic (exact) mass is 315 g/mol. The van der Waals surface area contributed by atoms with Gasteiger partial charge in [0.25, 0.3) is 5.91 Å². The number of aryl methyl sites for hydroxylation is 1. The Hall–Kier alpha value is -0.350. The average Bonchev–Trinajstić information content (AvgIpc) is 2.69. The highest BCUT2D eigenvalue weighted by Gasteiger charge is 2.24. The molecule has 1 aromatic rings. The van der Waals surface area contributed by atoms with Crippen molar-refractivity contribution < 1.29 is 4.79 Å². The molecule has 1 amide bonds. The first-order chi connectivity index (χ1) is 8.11. The molecule has 1 aromatic heterocycles. The SMILES string of the molecule is CCC1CCCN(C(=O)c2cc(C)c(Br)s2)C1. The van der Waals surface area contributed by atoms with E-state index in [1.165, 1.54) is 12.8 Å². The summed E-state index contributed by atoms with van der Waals surface area (Å²) in [5.41, 5.74) is 1.16. The lowest BCUT2D eigenvalue weighted by Crippen LogP contribution is -2.39. The number of likely N-dealkylation sites (tertiary alicyclic amines) is 1. The zero-order valence-electron chi connectivity index (χ0n) is 10.3. The van der Waals surface area contributed by atoms with E-state index < -0.39 is 0 Å². The van der Waals surface area contributed by atoms with Gasteiger partial charge in [-0.05, 0) is 53.2 Å². The fourth-order valence-corrected chi connectivity index (χ4v) is 3.81. The van der Waals surface area contributed by atoms with Gasteiger partial charge in [-0.3, -0.25) is 4.79 Å². The Morgan fingerprint density at radius 2 is 2.41 bits per heavy atom. The number of hydrogen-bond acceptors (Lipinski definition) is 2. The van der Waals surface area contributed by atoms with E-state index in [0.717, 1.165) is 33.7 Å². The lowest BCUT2D eigenvalue weighted by molar-refractivity contribution is 0.0676. The summed E-state index contributed by atoms with van der Waals surface area (Å²) in [7, 11) is 0. The zero-order valence-corrected chi connectivity index (χ0v) is 12.7. The van der Waals surface area contributed by atoms with E-state index in [4.69, 9.17) is 0 Å². The number of piperidine rings is 1. The number of amides is 1. The average molecular weight is 316 g/mol. The van der Waals surface area contributed by atoms with Crippen LogP contribution in [0.2, 0.25) is 0 Å². The van der Waals surface area contributed by atoms with E-state index in [2.05, 4.69) is 22.9 Å². The molecule has 0 aromatic carbocycles. The maximum atomic E-state index is 12.3. The number of nitrogens with zero attached hydrogens (tertiary/aromatic N) is 1. The maximum absolute atomic E-state index is 12.3. The molecule has 94 valence electrons. The van der Waals surface area contributed by atoms with Crippen LogP contribution in [-0.4, -0.2) is 23.9 Å². The van der Waals surface area contributed by atoms with Gasteiger partial charge in [-0.25, -0.2) is 0 Å². The molecule has 1 aliphatic rings. The number of carbonyl (C=O) groups excluding carboxylic acids is 1. The number of hydrogen-bond donors (Lipinski definition) is 0. The van der Waals surface area contributed by atoms with Crippen LogP contribution >= 0.6 is 27.3 Å². The van der Waals surface area contributed by atoms with Crippen molar-refractivity contribution in [2.75, 3.05) is 13.1 Å². The van der Waals surface area contributed by atoms with Crippen LogP contribution in [0.1, 0.15) is 41.4 Å². The summed E-state index contributed by atoms with van der Waals surface area (Å²) in [4.78, 5) is 15.2. The molecule has 17 heavy (non-hydrogen) atoms. The van der Waals surface area contributed by atoms with Crippen LogP contribution in [0.5, 0.6) is 0 Å². The normalized spacial score (nSPS) is 20.6. The highest BCUT2D eigenvalue weighted by molar-refractivity contribution is 9.11. The van der Waals surface area contributed by atoms with Gasteiger partial charge < -0.3 is 4.90 Å². The van der Waals surface area contributed by atoms with Crippen molar-refractivity contribution in [2.45, 2.75) is 33.1 Å². The molecule has 1 atom stereocenters. The maximum Gasteiger partial charge on any atom is 0.263 e. The van der Waals surface area contributed by atoms with Crippen LogP contribution in [0.25, 0.3) is 0 Å². The first-order valence-electron chi connectivity index (χ1n) is 6.17. The van der Waals surface area contributed by atoms with Crippen molar-refractivity contribution >= 4 is 33.2 Å². The first kappa shape index (κ1) is 13.1. The Labute approximate surface area is 115 Å². The molecular weight excluding hydrogens is 298 g/mol. The van der Waals surface area contributed by atoms with Gasteiger partial charge in [0.05, 0.1) is 8.66 Å². The summed E-state index contributed by atoms with van der Waals surface area (Å²) in [6.45, 7) is 6.10. The zero-order chi connectivity index (χ0) is 12.4. The van der Waals surface area contributed by atoms with Crippen molar-refractivity contribution in [1.29, 1.82) is 0 Å². The summed E-state index contributed by atoms with van der Waals surface area (Å²) in [5.74, 6) is 0.902. The first-order valence-corrected chi connectivity index (χ1v) is 7.78. The second-order valence-electron chi connectivity index (χ2n) is 4.74. The molecule has 2 rings (SSSR count). The number of rotatable bonds is 2. The molecule has 0 aliphatic carbocycles. The van der Waals surface area contributed by atoms with Gasteiger partial charge in [0.2, 0.25) is 0 Å². The van der Waals surface area contributed by atoms with E-state index in [0.29, 0.717) is 5.92 Å². The number of halogens is 1. The highest BCUT2D eigenvalue weighted by atomic mass is 79.9. The lowest BCUT2D eigenvalue weighted by Gasteiger charge is -2.32. The van der Waals surface area contributed by atoms with Gasteiger partial charge in [-0.1, -0.05) is 13.3 Å². The lowest BCUT2D eigenvalue weighted by atomic mass is 9.95. The molecule has 0 saturated carbocycles. The summed E-state index contributed by atoms with van der Waals surface area (Å²) in [6, 6.07) is 1.99. The summed E-state index contributed by atoms with van der Waals surface area (Å²) in [6.07, 6.45) is 3.60. The van der Waals surface area contributed by atoms with Gasteiger partial charge >= 0.3 is 0 Å². The van der Waals surface area contributed by atoms with Gasteiger partial charge in [0, 0.05) is 13.1 Å².